The molecule has 118 valence electrons. The standard InChI is InChI=1S/C17H21N3O.ClH/c1-12(2)16(18)17(21)20-15-5-3-13(4-6-15)11-14-7-9-19-10-8-14;/h3-10,12,16H,11,18H2,1-2H3,(H,20,21);1H/t16-;/m0./s1. The largest absolute Gasteiger partial charge is 0.325 e. The van der Waals surface area contributed by atoms with Crippen LogP contribution in [0.1, 0.15) is 25.0 Å². The third-order valence-electron chi connectivity index (χ3n) is 3.40. The molecule has 1 aromatic carbocycles. The number of nitrogens with one attached hydrogen (secondary N) is 1. The van der Waals surface area contributed by atoms with Crippen molar-refractivity contribution in [2.45, 2.75) is 26.3 Å². The molecule has 0 saturated heterocycles. The first-order valence-corrected chi connectivity index (χ1v) is 7.10. The van der Waals surface area contributed by atoms with E-state index in [9.17, 15) is 4.79 Å². The first kappa shape index (κ1) is 18.1. The van der Waals surface area contributed by atoms with E-state index in [1.807, 2.05) is 50.2 Å². The van der Waals surface area contributed by atoms with Gasteiger partial charge in [0.25, 0.3) is 0 Å². The van der Waals surface area contributed by atoms with Crippen molar-refractivity contribution in [3.8, 4) is 0 Å². The van der Waals surface area contributed by atoms with E-state index in [2.05, 4.69) is 10.3 Å². The predicted molar refractivity (Wildman–Crippen MR) is 92.2 cm³/mol. The van der Waals surface area contributed by atoms with Gasteiger partial charge < -0.3 is 11.1 Å². The molecule has 0 aliphatic carbocycles. The molecular weight excluding hydrogens is 298 g/mol. The average Bonchev–Trinajstić information content (AvgIpc) is 2.49. The SMILES string of the molecule is CC(C)[C@H](N)C(=O)Nc1ccc(Cc2ccncc2)cc1.Cl. The van der Waals surface area contributed by atoms with Gasteiger partial charge in [-0.15, -0.1) is 12.4 Å². The molecule has 0 spiro atoms. The number of nitrogens with zero attached hydrogens (tertiary/aromatic N) is 1. The van der Waals surface area contributed by atoms with Crippen molar-refractivity contribution in [1.29, 1.82) is 0 Å². The van der Waals surface area contributed by atoms with Crippen LogP contribution in [0.25, 0.3) is 0 Å². The first-order chi connectivity index (χ1) is 10.1. The van der Waals surface area contributed by atoms with Crippen LogP contribution in [0.4, 0.5) is 5.69 Å². The smallest absolute Gasteiger partial charge is 0.241 e. The average molecular weight is 320 g/mol. The van der Waals surface area contributed by atoms with Gasteiger partial charge in [0.1, 0.15) is 0 Å². The third kappa shape index (κ3) is 5.13. The quantitative estimate of drug-likeness (QED) is 0.890. The Kier molecular flexibility index (Phi) is 7.02. The topological polar surface area (TPSA) is 68.0 Å². The monoisotopic (exact) mass is 319 g/mol. The molecule has 0 fully saturated rings. The normalized spacial score (nSPS) is 11.6. The zero-order valence-electron chi connectivity index (χ0n) is 12.8. The summed E-state index contributed by atoms with van der Waals surface area (Å²) in [6.07, 6.45) is 4.43. The Labute approximate surface area is 137 Å². The van der Waals surface area contributed by atoms with Crippen LogP contribution >= 0.6 is 12.4 Å². The number of hydrogen-bond donors (Lipinski definition) is 2. The van der Waals surface area contributed by atoms with Crippen molar-refractivity contribution in [3.63, 3.8) is 0 Å². The molecule has 1 atom stereocenters. The third-order valence-corrected chi connectivity index (χ3v) is 3.40. The van der Waals surface area contributed by atoms with Crippen molar-refractivity contribution < 1.29 is 4.79 Å². The molecule has 5 heteroatoms. The summed E-state index contributed by atoms with van der Waals surface area (Å²) in [4.78, 5) is 15.9. The van der Waals surface area contributed by atoms with Gasteiger partial charge in [0.2, 0.25) is 5.91 Å². The molecular formula is C17H22ClN3O. The van der Waals surface area contributed by atoms with Gasteiger partial charge in [0, 0.05) is 18.1 Å². The van der Waals surface area contributed by atoms with Crippen molar-refractivity contribution in [3.05, 3.63) is 59.9 Å². The number of halogens is 1. The van der Waals surface area contributed by atoms with E-state index < -0.39 is 6.04 Å². The van der Waals surface area contributed by atoms with Gasteiger partial charge in [-0.05, 0) is 47.7 Å². The van der Waals surface area contributed by atoms with E-state index in [-0.39, 0.29) is 24.2 Å². The fraction of sp³-hybridized carbons (Fsp3) is 0.294. The van der Waals surface area contributed by atoms with E-state index in [1.165, 1.54) is 11.1 Å². The zero-order chi connectivity index (χ0) is 15.2. The van der Waals surface area contributed by atoms with Crippen LogP contribution in [0, 0.1) is 5.92 Å². The maximum Gasteiger partial charge on any atom is 0.241 e. The molecule has 22 heavy (non-hydrogen) atoms. The van der Waals surface area contributed by atoms with Gasteiger partial charge in [-0.3, -0.25) is 9.78 Å². The predicted octanol–water partition coefficient (Wildman–Crippen LogP) is 3.02. The van der Waals surface area contributed by atoms with Crippen LogP contribution in [0.15, 0.2) is 48.8 Å². The second-order valence-corrected chi connectivity index (χ2v) is 5.49. The maximum absolute atomic E-state index is 11.9. The van der Waals surface area contributed by atoms with Crippen LogP contribution in [-0.4, -0.2) is 16.9 Å². The number of carbonyl (C=O) groups excluding carboxylic acids is 1. The summed E-state index contributed by atoms with van der Waals surface area (Å²) in [6.45, 7) is 3.87. The number of carbonyl (C=O) groups is 1. The number of nitrogens with two attached hydrogens (primary N) is 1. The van der Waals surface area contributed by atoms with E-state index in [0.29, 0.717) is 0 Å². The number of anilines is 1. The fourth-order valence-corrected chi connectivity index (χ4v) is 1.97. The summed E-state index contributed by atoms with van der Waals surface area (Å²) in [5.41, 5.74) is 8.99. The number of rotatable bonds is 5. The summed E-state index contributed by atoms with van der Waals surface area (Å²) < 4.78 is 0. The highest BCUT2D eigenvalue weighted by Crippen LogP contribution is 2.14. The van der Waals surface area contributed by atoms with Gasteiger partial charge in [0.05, 0.1) is 6.04 Å². The first-order valence-electron chi connectivity index (χ1n) is 7.10. The Morgan fingerprint density at radius 3 is 2.18 bits per heavy atom. The van der Waals surface area contributed by atoms with E-state index in [1.54, 1.807) is 12.4 Å². The van der Waals surface area contributed by atoms with Crippen LogP contribution in [-0.2, 0) is 11.2 Å². The molecule has 1 amide bonds. The molecule has 0 saturated carbocycles. The summed E-state index contributed by atoms with van der Waals surface area (Å²) in [7, 11) is 0. The molecule has 1 aromatic heterocycles. The number of aromatic nitrogens is 1. The van der Waals surface area contributed by atoms with E-state index >= 15 is 0 Å². The van der Waals surface area contributed by atoms with Gasteiger partial charge in [-0.1, -0.05) is 26.0 Å². The van der Waals surface area contributed by atoms with E-state index in [0.717, 1.165) is 12.1 Å². The van der Waals surface area contributed by atoms with Crippen molar-refractivity contribution in [1.82, 2.24) is 4.98 Å². The zero-order valence-corrected chi connectivity index (χ0v) is 13.6. The minimum Gasteiger partial charge on any atom is -0.325 e. The van der Waals surface area contributed by atoms with Crippen molar-refractivity contribution in [2.24, 2.45) is 11.7 Å². The second kappa shape index (κ2) is 8.51. The molecule has 0 aliphatic heterocycles. The Morgan fingerprint density at radius 1 is 1.09 bits per heavy atom. The van der Waals surface area contributed by atoms with E-state index in [4.69, 9.17) is 5.73 Å². The van der Waals surface area contributed by atoms with Crippen LogP contribution in [0.5, 0.6) is 0 Å². The van der Waals surface area contributed by atoms with Gasteiger partial charge >= 0.3 is 0 Å². The minimum atomic E-state index is -0.485. The molecule has 0 radical (unpaired) electrons. The Bertz CT molecular complexity index is 585. The number of hydrogen-bond acceptors (Lipinski definition) is 3. The van der Waals surface area contributed by atoms with Crippen LogP contribution < -0.4 is 11.1 Å². The Hall–Kier alpha value is -1.91. The molecule has 1 heterocycles. The van der Waals surface area contributed by atoms with Gasteiger partial charge in [-0.25, -0.2) is 0 Å². The van der Waals surface area contributed by atoms with Crippen molar-refractivity contribution >= 4 is 24.0 Å². The highest BCUT2D eigenvalue weighted by atomic mass is 35.5. The molecule has 0 unspecified atom stereocenters. The fourth-order valence-electron chi connectivity index (χ4n) is 1.97. The molecule has 4 nitrogen and oxygen atoms in total. The van der Waals surface area contributed by atoms with Crippen LogP contribution in [0.3, 0.4) is 0 Å². The lowest BCUT2D eigenvalue weighted by molar-refractivity contribution is -0.118. The molecule has 3 N–H and O–H groups in total. The highest BCUT2D eigenvalue weighted by molar-refractivity contribution is 5.94. The lowest BCUT2D eigenvalue weighted by atomic mass is 10.0. The lowest BCUT2D eigenvalue weighted by Gasteiger charge is -2.15. The summed E-state index contributed by atoms with van der Waals surface area (Å²) in [6, 6.07) is 11.3. The van der Waals surface area contributed by atoms with Gasteiger partial charge in [-0.2, -0.15) is 0 Å². The Balaban J connectivity index is 0.00000242. The number of benzene rings is 1. The Morgan fingerprint density at radius 2 is 1.64 bits per heavy atom. The maximum atomic E-state index is 11.9. The molecule has 2 rings (SSSR count). The molecule has 2 aromatic rings. The van der Waals surface area contributed by atoms with Crippen LogP contribution in [0.2, 0.25) is 0 Å². The molecule has 0 bridgehead atoms. The van der Waals surface area contributed by atoms with Crippen molar-refractivity contribution in [2.75, 3.05) is 5.32 Å². The highest BCUT2D eigenvalue weighted by Gasteiger charge is 2.16. The summed E-state index contributed by atoms with van der Waals surface area (Å²) in [5, 5.41) is 2.84. The number of amides is 1. The second-order valence-electron chi connectivity index (χ2n) is 5.49. The molecule has 0 aliphatic rings. The number of pyridine rings is 1. The summed E-state index contributed by atoms with van der Waals surface area (Å²) in [5.74, 6) is -0.0251. The van der Waals surface area contributed by atoms with Gasteiger partial charge in [0.15, 0.2) is 0 Å². The summed E-state index contributed by atoms with van der Waals surface area (Å²) >= 11 is 0. The lowest BCUT2D eigenvalue weighted by Crippen LogP contribution is -2.39. The minimum absolute atomic E-state index is 0.